The highest BCUT2D eigenvalue weighted by Crippen LogP contribution is 2.25. The minimum atomic E-state index is -1.55. The van der Waals surface area contributed by atoms with E-state index in [2.05, 4.69) is 16.0 Å². The van der Waals surface area contributed by atoms with Crippen LogP contribution in [0, 0.1) is 34.9 Å². The number of nitrogens with one attached hydrogen (secondary N) is 3. The molecular formula is C41H58F6N4O10. The van der Waals surface area contributed by atoms with Gasteiger partial charge in [-0.05, 0) is 118 Å². The monoisotopic (exact) mass is 880 g/mol. The number of alkyl carbamates (subject to hydrolysis) is 1. The van der Waals surface area contributed by atoms with Crippen molar-refractivity contribution in [2.24, 2.45) is 5.73 Å². The fourth-order valence-corrected chi connectivity index (χ4v) is 4.72. The van der Waals surface area contributed by atoms with Crippen LogP contribution in [0.15, 0.2) is 24.3 Å². The minimum absolute atomic E-state index is 0.151. The summed E-state index contributed by atoms with van der Waals surface area (Å²) in [7, 11) is 2.68. The van der Waals surface area contributed by atoms with Crippen LogP contribution in [0.1, 0.15) is 87.0 Å². The predicted molar refractivity (Wildman–Crippen MR) is 211 cm³/mol. The van der Waals surface area contributed by atoms with Gasteiger partial charge < -0.3 is 45.4 Å². The molecule has 2 aromatic carbocycles. The van der Waals surface area contributed by atoms with Crippen molar-refractivity contribution < 1.29 is 74.0 Å². The molecule has 0 aromatic heterocycles. The predicted octanol–water partition coefficient (Wildman–Crippen LogP) is 5.75. The highest BCUT2D eigenvalue weighted by atomic mass is 19.2. The molecule has 0 aliphatic heterocycles. The Morgan fingerprint density at radius 3 is 1.34 bits per heavy atom. The topological polar surface area (TPSA) is 194 Å². The van der Waals surface area contributed by atoms with Crippen molar-refractivity contribution >= 4 is 29.5 Å². The van der Waals surface area contributed by atoms with Gasteiger partial charge in [0.05, 0.1) is 12.1 Å². The fraction of sp³-hybridized carbons (Fsp3) is 0.585. The van der Waals surface area contributed by atoms with Gasteiger partial charge in [-0.1, -0.05) is 0 Å². The van der Waals surface area contributed by atoms with Crippen LogP contribution < -0.4 is 31.2 Å². The standard InChI is InChI=1S/C23H33F3N2O6.C18H25F3N2O4/c1-22(2,3)34-21(31)27-12-8-7-9-16(28-20(30)23(4,5)32-6)17(29)13-33-19-15(25)11-10-14(24)18(19)26;1-18(2,26-3)17(25)23-13(6-4-5-9-22)14(24)10-27-16-12(20)8-7-11(19)15(16)21/h10-11,16H,7-9,12-13H2,1-6H3,(H,27,31)(H,28,30);7-8,13H,4-6,9-10,22H2,1-3H3,(H,23,25)/t16-;13-/m00/s1. The van der Waals surface area contributed by atoms with Crippen molar-refractivity contribution in [3.8, 4) is 11.5 Å². The number of hydrogen-bond acceptors (Lipinski definition) is 11. The number of ketones is 2. The lowest BCUT2D eigenvalue weighted by molar-refractivity contribution is -0.142. The van der Waals surface area contributed by atoms with E-state index >= 15 is 0 Å². The summed E-state index contributed by atoms with van der Waals surface area (Å²) in [6, 6.07) is 0.555. The molecule has 2 atom stereocenters. The van der Waals surface area contributed by atoms with Gasteiger partial charge in [-0.2, -0.15) is 8.78 Å². The van der Waals surface area contributed by atoms with Crippen LogP contribution in [-0.4, -0.2) is 98.9 Å². The Bertz CT molecular complexity index is 1790. The van der Waals surface area contributed by atoms with Crippen molar-refractivity contribution in [2.45, 2.75) is 116 Å². The first kappa shape index (κ1) is 54.1. The number of unbranched alkanes of at least 4 members (excludes halogenated alkanes) is 2. The Labute approximate surface area is 351 Å². The molecule has 0 spiro atoms. The molecule has 61 heavy (non-hydrogen) atoms. The van der Waals surface area contributed by atoms with Gasteiger partial charge in [0.2, 0.25) is 11.6 Å². The molecule has 5 N–H and O–H groups in total. The molecule has 3 amide bonds. The second-order valence-corrected chi connectivity index (χ2v) is 15.5. The number of benzene rings is 2. The number of carbonyl (C=O) groups excluding carboxylic acids is 5. The molecule has 0 aliphatic carbocycles. The Kier molecular flexibility index (Phi) is 22.2. The van der Waals surface area contributed by atoms with Crippen molar-refractivity contribution in [1.29, 1.82) is 0 Å². The molecule has 0 heterocycles. The molecule has 20 heteroatoms. The third-order valence-corrected chi connectivity index (χ3v) is 8.76. The molecule has 0 radical (unpaired) electrons. The zero-order valence-electron chi connectivity index (χ0n) is 36.0. The second kappa shape index (κ2) is 25.1. The second-order valence-electron chi connectivity index (χ2n) is 15.5. The summed E-state index contributed by atoms with van der Waals surface area (Å²) in [6.45, 7) is 10.4. The van der Waals surface area contributed by atoms with E-state index in [-0.39, 0.29) is 19.4 Å². The highest BCUT2D eigenvalue weighted by molar-refractivity contribution is 5.93. The third-order valence-electron chi connectivity index (χ3n) is 8.76. The number of amides is 3. The molecule has 2 aromatic rings. The maximum absolute atomic E-state index is 13.8. The van der Waals surface area contributed by atoms with E-state index in [0.717, 1.165) is 0 Å². The summed E-state index contributed by atoms with van der Waals surface area (Å²) in [5.41, 5.74) is 2.38. The molecule has 14 nitrogen and oxygen atoms in total. The molecule has 0 unspecified atom stereocenters. The largest absolute Gasteiger partial charge is 0.480 e. The van der Waals surface area contributed by atoms with E-state index in [1.54, 1.807) is 20.8 Å². The molecular weight excluding hydrogens is 822 g/mol. The number of ether oxygens (including phenoxy) is 5. The van der Waals surface area contributed by atoms with Crippen LogP contribution in [0.3, 0.4) is 0 Å². The maximum Gasteiger partial charge on any atom is 0.407 e. The quantitative estimate of drug-likeness (QED) is 0.0604. The lowest BCUT2D eigenvalue weighted by Gasteiger charge is -2.26. The Morgan fingerprint density at radius 2 is 0.984 bits per heavy atom. The number of Topliss-reactive ketones (excluding diaryl/α,β-unsaturated/α-hetero) is 2. The molecule has 344 valence electrons. The summed E-state index contributed by atoms with van der Waals surface area (Å²) in [5, 5.41) is 7.68. The van der Waals surface area contributed by atoms with Gasteiger partial charge in [-0.25, -0.2) is 22.4 Å². The van der Waals surface area contributed by atoms with Crippen molar-refractivity contribution in [3.63, 3.8) is 0 Å². The van der Waals surface area contributed by atoms with E-state index in [1.807, 2.05) is 0 Å². The number of methoxy groups -OCH3 is 2. The molecule has 0 aliphatic rings. The molecule has 0 saturated carbocycles. The van der Waals surface area contributed by atoms with Crippen molar-refractivity contribution in [3.05, 3.63) is 59.2 Å². The van der Waals surface area contributed by atoms with E-state index in [0.29, 0.717) is 56.5 Å². The van der Waals surface area contributed by atoms with Gasteiger partial charge in [0, 0.05) is 20.8 Å². The zero-order chi connectivity index (χ0) is 46.7. The fourth-order valence-electron chi connectivity index (χ4n) is 4.72. The summed E-state index contributed by atoms with van der Waals surface area (Å²) in [4.78, 5) is 61.5. The SMILES string of the molecule is COC(C)(C)C(=O)N[C@@H](CCCCN)C(=O)COc1c(F)ccc(F)c1F.COC(C)(C)C(=O)N[C@@H](CCCCNC(=O)OC(C)(C)C)C(=O)COc1c(F)ccc(F)c1F. The first-order valence-corrected chi connectivity index (χ1v) is 19.3. The number of halogens is 6. The normalized spacial score (nSPS) is 12.6. The third kappa shape index (κ3) is 18.7. The number of hydrogen-bond donors (Lipinski definition) is 4. The van der Waals surface area contributed by atoms with Crippen LogP contribution >= 0.6 is 0 Å². The smallest absolute Gasteiger partial charge is 0.407 e. The minimum Gasteiger partial charge on any atom is -0.480 e. The maximum atomic E-state index is 13.8. The van der Waals surface area contributed by atoms with Gasteiger partial charge in [0.15, 0.2) is 46.3 Å². The van der Waals surface area contributed by atoms with Crippen LogP contribution in [0.4, 0.5) is 31.1 Å². The van der Waals surface area contributed by atoms with Gasteiger partial charge in [-0.3, -0.25) is 19.2 Å². The van der Waals surface area contributed by atoms with Crippen molar-refractivity contribution in [2.75, 3.05) is 40.5 Å². The van der Waals surface area contributed by atoms with E-state index in [9.17, 15) is 50.3 Å². The summed E-state index contributed by atoms with van der Waals surface area (Å²) in [6.07, 6.45) is 1.87. The summed E-state index contributed by atoms with van der Waals surface area (Å²) >= 11 is 0. The van der Waals surface area contributed by atoms with Crippen LogP contribution in [0.5, 0.6) is 11.5 Å². The Balaban J connectivity index is 0.000000626. The van der Waals surface area contributed by atoms with Gasteiger partial charge in [0.25, 0.3) is 11.8 Å². The van der Waals surface area contributed by atoms with Gasteiger partial charge in [-0.15, -0.1) is 0 Å². The first-order valence-electron chi connectivity index (χ1n) is 19.3. The lowest BCUT2D eigenvalue weighted by Crippen LogP contribution is -2.51. The zero-order valence-corrected chi connectivity index (χ0v) is 36.0. The molecule has 2 rings (SSSR count). The number of carbonyl (C=O) groups is 5. The van der Waals surface area contributed by atoms with E-state index in [4.69, 9.17) is 29.4 Å². The molecule has 0 saturated heterocycles. The average Bonchev–Trinajstić information content (AvgIpc) is 3.19. The van der Waals surface area contributed by atoms with Crippen LogP contribution in [0.2, 0.25) is 0 Å². The van der Waals surface area contributed by atoms with E-state index < -0.39 is 118 Å². The lowest BCUT2D eigenvalue weighted by atomic mass is 10.0. The number of rotatable bonds is 23. The summed E-state index contributed by atoms with van der Waals surface area (Å²) < 4.78 is 106. The molecule has 0 bridgehead atoms. The van der Waals surface area contributed by atoms with Gasteiger partial charge >= 0.3 is 6.09 Å². The number of nitrogens with two attached hydrogens (primary N) is 1. The molecule has 0 fully saturated rings. The summed E-state index contributed by atoms with van der Waals surface area (Å²) in [5.74, 6) is -12.4. The highest BCUT2D eigenvalue weighted by Gasteiger charge is 2.33. The van der Waals surface area contributed by atoms with E-state index in [1.165, 1.54) is 41.9 Å². The van der Waals surface area contributed by atoms with Crippen LogP contribution in [0.25, 0.3) is 0 Å². The first-order chi connectivity index (χ1) is 28.3. The Hall–Kier alpha value is -4.95. The van der Waals surface area contributed by atoms with Crippen LogP contribution in [-0.2, 0) is 33.4 Å². The van der Waals surface area contributed by atoms with Crippen molar-refractivity contribution in [1.82, 2.24) is 16.0 Å². The Morgan fingerprint density at radius 1 is 0.607 bits per heavy atom. The average molecular weight is 881 g/mol. The van der Waals surface area contributed by atoms with Gasteiger partial charge in [0.1, 0.15) is 30.0 Å².